The average Bonchev–Trinajstić information content (AvgIpc) is 2.75. The normalized spacial score (nSPS) is 35.6. The summed E-state index contributed by atoms with van der Waals surface area (Å²) in [7, 11) is 0. The van der Waals surface area contributed by atoms with Gasteiger partial charge in [-0.15, -0.1) is 0 Å². The number of hydrogen-bond acceptors (Lipinski definition) is 5. The van der Waals surface area contributed by atoms with Crippen LogP contribution in [0.3, 0.4) is 0 Å². The van der Waals surface area contributed by atoms with Crippen LogP contribution in [0.1, 0.15) is 32.1 Å². The molecule has 4 fully saturated rings. The second kappa shape index (κ2) is 8.40. The van der Waals surface area contributed by atoms with Gasteiger partial charge in [-0.05, 0) is 62.6 Å². The van der Waals surface area contributed by atoms with Crippen LogP contribution in [0, 0.1) is 17.8 Å². The molecule has 1 aromatic heterocycles. The molecule has 3 saturated heterocycles. The molecule has 1 saturated carbocycles. The second-order valence-corrected chi connectivity index (χ2v) is 9.75. The lowest BCUT2D eigenvalue weighted by Crippen LogP contribution is -2.64. The van der Waals surface area contributed by atoms with Crippen LogP contribution in [-0.2, 0) is 4.79 Å². The summed E-state index contributed by atoms with van der Waals surface area (Å²) < 4.78 is 0. The van der Waals surface area contributed by atoms with Crippen LogP contribution >= 0.6 is 11.6 Å². The summed E-state index contributed by atoms with van der Waals surface area (Å²) in [6, 6.07) is 4.71. The third-order valence-corrected chi connectivity index (χ3v) is 7.79. The lowest BCUT2D eigenvalue weighted by atomic mass is 9.67. The number of rotatable bonds is 3. The van der Waals surface area contributed by atoms with Crippen molar-refractivity contribution in [3.63, 3.8) is 0 Å². The van der Waals surface area contributed by atoms with Crippen molar-refractivity contribution >= 4 is 23.3 Å². The van der Waals surface area contributed by atoms with Crippen LogP contribution in [0.5, 0.6) is 0 Å². The van der Waals surface area contributed by atoms with Crippen molar-refractivity contribution in [1.82, 2.24) is 20.5 Å². The summed E-state index contributed by atoms with van der Waals surface area (Å²) in [6.45, 7) is 6.41. The van der Waals surface area contributed by atoms with E-state index in [1.165, 1.54) is 12.8 Å². The van der Waals surface area contributed by atoms with Gasteiger partial charge in [0.05, 0.1) is 10.9 Å². The number of pyridine rings is 1. The molecular formula is C22H32ClN5O. The van der Waals surface area contributed by atoms with Gasteiger partial charge >= 0.3 is 0 Å². The van der Waals surface area contributed by atoms with Crippen molar-refractivity contribution in [2.45, 2.75) is 44.2 Å². The molecule has 1 amide bonds. The van der Waals surface area contributed by atoms with E-state index in [0.717, 1.165) is 64.3 Å². The highest BCUT2D eigenvalue weighted by Gasteiger charge is 2.47. The fourth-order valence-electron chi connectivity index (χ4n) is 6.07. The highest BCUT2D eigenvalue weighted by Crippen LogP contribution is 2.39. The van der Waals surface area contributed by atoms with Gasteiger partial charge in [0.2, 0.25) is 5.91 Å². The monoisotopic (exact) mass is 417 g/mol. The van der Waals surface area contributed by atoms with E-state index < -0.39 is 0 Å². The second-order valence-electron chi connectivity index (χ2n) is 9.31. The number of amides is 1. The third kappa shape index (κ3) is 4.12. The van der Waals surface area contributed by atoms with E-state index >= 15 is 0 Å². The van der Waals surface area contributed by atoms with Gasteiger partial charge in [-0.25, -0.2) is 4.98 Å². The Hall–Kier alpha value is -1.37. The number of hydrogen-bond donors (Lipinski definition) is 2. The first-order valence-electron chi connectivity index (χ1n) is 11.3. The summed E-state index contributed by atoms with van der Waals surface area (Å²) in [5, 5.41) is 7.76. The standard InChI is InChI=1S/C22H32ClN5O/c23-16-4-6-20(25-13-16)28-10-8-27(9-11-28)14-15-3-5-17-19(12-15)26-22(29)18-2-1-7-24-21(17)18/h4,6,13,15,17-19,21,24H,1-3,5,7-12,14H2,(H,26,29). The molecule has 0 radical (unpaired) electrons. The SMILES string of the molecule is O=C1NC2CC(CN3CCN(c4ccc(Cl)cn4)CC3)CCC2C2NCCCC12. The molecule has 0 aromatic carbocycles. The summed E-state index contributed by atoms with van der Waals surface area (Å²) in [5.41, 5.74) is 0. The zero-order chi connectivity index (χ0) is 19.8. The van der Waals surface area contributed by atoms with Gasteiger partial charge in [-0.1, -0.05) is 11.6 Å². The number of carbonyl (C=O) groups is 1. The third-order valence-electron chi connectivity index (χ3n) is 7.57. The number of nitrogens with zero attached hydrogens (tertiary/aromatic N) is 3. The molecule has 4 heterocycles. The summed E-state index contributed by atoms with van der Waals surface area (Å²) in [4.78, 5) is 22.0. The largest absolute Gasteiger partial charge is 0.354 e. The molecule has 0 spiro atoms. The molecule has 3 aliphatic heterocycles. The average molecular weight is 418 g/mol. The fourth-order valence-corrected chi connectivity index (χ4v) is 6.18. The molecule has 2 N–H and O–H groups in total. The van der Waals surface area contributed by atoms with Crippen LogP contribution in [0.25, 0.3) is 0 Å². The lowest BCUT2D eigenvalue weighted by molar-refractivity contribution is -0.133. The Bertz CT molecular complexity index is 720. The number of piperidine rings is 2. The Labute approximate surface area is 178 Å². The minimum Gasteiger partial charge on any atom is -0.354 e. The molecule has 5 rings (SSSR count). The number of piperazine rings is 1. The van der Waals surface area contributed by atoms with E-state index in [4.69, 9.17) is 11.6 Å². The van der Waals surface area contributed by atoms with Gasteiger partial charge in [0.1, 0.15) is 5.82 Å². The molecule has 4 aliphatic rings. The molecule has 29 heavy (non-hydrogen) atoms. The first-order valence-corrected chi connectivity index (χ1v) is 11.7. The van der Waals surface area contributed by atoms with Gasteiger partial charge < -0.3 is 15.5 Å². The van der Waals surface area contributed by atoms with Crippen LogP contribution in [0.2, 0.25) is 5.02 Å². The van der Waals surface area contributed by atoms with E-state index in [0.29, 0.717) is 34.8 Å². The first kappa shape index (κ1) is 19.6. The topological polar surface area (TPSA) is 60.5 Å². The maximum absolute atomic E-state index is 12.6. The van der Waals surface area contributed by atoms with Gasteiger partial charge in [-0.3, -0.25) is 9.69 Å². The maximum Gasteiger partial charge on any atom is 0.224 e. The van der Waals surface area contributed by atoms with Crippen LogP contribution < -0.4 is 15.5 Å². The van der Waals surface area contributed by atoms with E-state index in [-0.39, 0.29) is 5.92 Å². The van der Waals surface area contributed by atoms with Crippen LogP contribution in [-0.4, -0.2) is 67.1 Å². The fraction of sp³-hybridized carbons (Fsp3) is 0.727. The number of fused-ring (bicyclic) bond motifs is 3. The molecule has 158 valence electrons. The minimum absolute atomic E-state index is 0.205. The van der Waals surface area contributed by atoms with Crippen molar-refractivity contribution in [3.8, 4) is 0 Å². The molecule has 5 atom stereocenters. The van der Waals surface area contributed by atoms with Crippen LogP contribution in [0.15, 0.2) is 18.3 Å². The Morgan fingerprint density at radius 3 is 2.79 bits per heavy atom. The minimum atomic E-state index is 0.205. The summed E-state index contributed by atoms with van der Waals surface area (Å²) in [6.07, 6.45) is 7.60. The first-order chi connectivity index (χ1) is 14.2. The molecule has 5 unspecified atom stereocenters. The predicted molar refractivity (Wildman–Crippen MR) is 115 cm³/mol. The van der Waals surface area contributed by atoms with Gasteiger partial charge in [-0.2, -0.15) is 0 Å². The van der Waals surface area contributed by atoms with Crippen molar-refractivity contribution in [3.05, 3.63) is 23.4 Å². The molecule has 0 bridgehead atoms. The highest BCUT2D eigenvalue weighted by atomic mass is 35.5. The molecule has 7 heteroatoms. The number of aromatic nitrogens is 1. The predicted octanol–water partition coefficient (Wildman–Crippen LogP) is 2.14. The lowest BCUT2D eigenvalue weighted by Gasteiger charge is -2.50. The summed E-state index contributed by atoms with van der Waals surface area (Å²) in [5.74, 6) is 2.84. The Kier molecular flexibility index (Phi) is 5.67. The quantitative estimate of drug-likeness (QED) is 0.789. The van der Waals surface area contributed by atoms with Gasteiger partial charge in [0.25, 0.3) is 0 Å². The van der Waals surface area contributed by atoms with Crippen molar-refractivity contribution in [1.29, 1.82) is 0 Å². The highest BCUT2D eigenvalue weighted by molar-refractivity contribution is 6.30. The number of anilines is 1. The molecule has 6 nitrogen and oxygen atoms in total. The van der Waals surface area contributed by atoms with E-state index in [1.807, 2.05) is 12.1 Å². The summed E-state index contributed by atoms with van der Waals surface area (Å²) >= 11 is 5.96. The van der Waals surface area contributed by atoms with E-state index in [9.17, 15) is 4.79 Å². The van der Waals surface area contributed by atoms with Gasteiger partial charge in [0.15, 0.2) is 0 Å². The Morgan fingerprint density at radius 2 is 2.00 bits per heavy atom. The zero-order valence-corrected chi connectivity index (χ0v) is 17.8. The molecular weight excluding hydrogens is 386 g/mol. The van der Waals surface area contributed by atoms with Crippen molar-refractivity contribution in [2.24, 2.45) is 17.8 Å². The zero-order valence-electron chi connectivity index (χ0n) is 17.0. The van der Waals surface area contributed by atoms with Gasteiger partial charge in [0, 0.05) is 51.0 Å². The number of carbonyl (C=O) groups excluding carboxylic acids is 1. The van der Waals surface area contributed by atoms with Crippen LogP contribution in [0.4, 0.5) is 5.82 Å². The number of nitrogens with one attached hydrogen (secondary N) is 2. The Balaban J connectivity index is 1.13. The smallest absolute Gasteiger partial charge is 0.224 e. The van der Waals surface area contributed by atoms with Crippen molar-refractivity contribution in [2.75, 3.05) is 44.2 Å². The number of halogens is 1. The van der Waals surface area contributed by atoms with E-state index in [2.05, 4.69) is 25.4 Å². The van der Waals surface area contributed by atoms with Crippen molar-refractivity contribution < 1.29 is 4.79 Å². The van der Waals surface area contributed by atoms with E-state index in [1.54, 1.807) is 6.20 Å². The molecule has 1 aromatic rings. The Morgan fingerprint density at radius 1 is 1.14 bits per heavy atom. The molecule has 1 aliphatic carbocycles. The maximum atomic E-state index is 12.6.